The molecule has 2 aliphatic heterocycles. The molecule has 182 valence electrons. The molecule has 2 N–H and O–H groups in total. The van der Waals surface area contributed by atoms with Gasteiger partial charge in [0.1, 0.15) is 0 Å². The van der Waals surface area contributed by atoms with E-state index in [1.807, 2.05) is 49.4 Å². The van der Waals surface area contributed by atoms with Crippen molar-refractivity contribution in [2.24, 2.45) is 5.92 Å². The summed E-state index contributed by atoms with van der Waals surface area (Å²) >= 11 is 0. The van der Waals surface area contributed by atoms with E-state index in [4.69, 9.17) is 0 Å². The third-order valence-corrected chi connectivity index (χ3v) is 6.94. The van der Waals surface area contributed by atoms with Gasteiger partial charge in [0.05, 0.1) is 12.0 Å². The van der Waals surface area contributed by atoms with Gasteiger partial charge in [-0.1, -0.05) is 91.0 Å². The molecule has 3 aromatic carbocycles. The average Bonchev–Trinajstić information content (AvgIpc) is 3.43. The summed E-state index contributed by atoms with van der Waals surface area (Å²) in [5.41, 5.74) is 3.13. The van der Waals surface area contributed by atoms with Crippen LogP contribution in [0, 0.1) is 5.92 Å². The molecule has 0 aliphatic carbocycles. The van der Waals surface area contributed by atoms with Gasteiger partial charge in [-0.3, -0.25) is 19.8 Å². The van der Waals surface area contributed by atoms with Crippen LogP contribution in [0.25, 0.3) is 0 Å². The molecular formula is C28H26N4O4. The van der Waals surface area contributed by atoms with Crippen LogP contribution in [0.15, 0.2) is 91.0 Å². The highest BCUT2D eigenvalue weighted by molar-refractivity contribution is 6.10. The predicted molar refractivity (Wildman–Crippen MR) is 132 cm³/mol. The van der Waals surface area contributed by atoms with Crippen molar-refractivity contribution in [3.63, 3.8) is 0 Å². The summed E-state index contributed by atoms with van der Waals surface area (Å²) in [5, 5.41) is 3.53. The largest absolute Gasteiger partial charge is 0.344 e. The van der Waals surface area contributed by atoms with Crippen molar-refractivity contribution in [3.8, 4) is 0 Å². The first-order chi connectivity index (χ1) is 17.4. The van der Waals surface area contributed by atoms with Crippen molar-refractivity contribution in [1.29, 1.82) is 0 Å². The Kier molecular flexibility index (Phi) is 6.01. The van der Waals surface area contributed by atoms with Gasteiger partial charge < -0.3 is 10.2 Å². The molecule has 0 unspecified atom stereocenters. The topological polar surface area (TPSA) is 98.8 Å². The minimum absolute atomic E-state index is 0.00910. The van der Waals surface area contributed by atoms with Crippen molar-refractivity contribution in [2.75, 3.05) is 6.54 Å². The van der Waals surface area contributed by atoms with Crippen LogP contribution in [-0.4, -0.2) is 40.2 Å². The lowest BCUT2D eigenvalue weighted by Gasteiger charge is -2.28. The highest BCUT2D eigenvalue weighted by Gasteiger charge is 2.55. The van der Waals surface area contributed by atoms with E-state index in [1.165, 1.54) is 0 Å². The highest BCUT2D eigenvalue weighted by atomic mass is 16.2. The van der Waals surface area contributed by atoms with Gasteiger partial charge in [-0.15, -0.1) is 0 Å². The fourth-order valence-electron chi connectivity index (χ4n) is 4.96. The fraction of sp³-hybridized carbons (Fsp3) is 0.214. The highest BCUT2D eigenvalue weighted by Crippen LogP contribution is 2.36. The summed E-state index contributed by atoms with van der Waals surface area (Å²) in [6, 6.07) is 26.5. The number of benzene rings is 3. The number of nitrogens with zero attached hydrogens (tertiary/aromatic N) is 2. The second-order valence-corrected chi connectivity index (χ2v) is 9.06. The van der Waals surface area contributed by atoms with Crippen LogP contribution in [-0.2, 0) is 19.9 Å². The summed E-state index contributed by atoms with van der Waals surface area (Å²) in [6.45, 7) is 2.12. The van der Waals surface area contributed by atoms with Gasteiger partial charge in [0.25, 0.3) is 5.91 Å². The van der Waals surface area contributed by atoms with Gasteiger partial charge in [0.15, 0.2) is 5.54 Å². The maximum absolute atomic E-state index is 13.8. The molecule has 36 heavy (non-hydrogen) atoms. The Hall–Kier alpha value is -4.46. The van der Waals surface area contributed by atoms with Crippen LogP contribution in [0.3, 0.4) is 0 Å². The smallest absolute Gasteiger partial charge is 0.335 e. The van der Waals surface area contributed by atoms with Crippen LogP contribution >= 0.6 is 0 Å². The molecular weight excluding hydrogens is 456 g/mol. The first-order valence-corrected chi connectivity index (χ1v) is 11.8. The molecule has 0 radical (unpaired) electrons. The maximum Gasteiger partial charge on any atom is 0.344 e. The minimum Gasteiger partial charge on any atom is -0.335 e. The zero-order valence-electron chi connectivity index (χ0n) is 19.8. The number of amides is 5. The van der Waals surface area contributed by atoms with Gasteiger partial charge in [-0.05, 0) is 23.6 Å². The standard InChI is InChI=1S/C28H26N4O4/c1-19(20-11-5-2-6-12-20)31-18-21(17-24(31)33)25(34)30-32-26(35)28(29-27(32)36,22-13-7-3-8-14-22)23-15-9-4-10-16-23/h2-16,19,21H,17-18H2,1H3,(H,29,36)(H,30,34)/t19-,21-/m0/s1. The zero-order valence-corrected chi connectivity index (χ0v) is 19.8. The first-order valence-electron chi connectivity index (χ1n) is 11.8. The number of nitrogens with one attached hydrogen (secondary N) is 2. The first kappa shape index (κ1) is 23.3. The van der Waals surface area contributed by atoms with Crippen LogP contribution in [0.1, 0.15) is 36.1 Å². The number of urea groups is 1. The molecule has 2 atom stereocenters. The Labute approximate surface area is 208 Å². The van der Waals surface area contributed by atoms with Crippen LogP contribution < -0.4 is 10.7 Å². The predicted octanol–water partition coefficient (Wildman–Crippen LogP) is 3.12. The normalized spacial score (nSPS) is 19.8. The van der Waals surface area contributed by atoms with Gasteiger partial charge >= 0.3 is 6.03 Å². The van der Waals surface area contributed by atoms with E-state index in [1.54, 1.807) is 53.4 Å². The Balaban J connectivity index is 1.37. The van der Waals surface area contributed by atoms with E-state index < -0.39 is 29.3 Å². The van der Waals surface area contributed by atoms with E-state index >= 15 is 0 Å². The van der Waals surface area contributed by atoms with Crippen molar-refractivity contribution in [1.82, 2.24) is 20.7 Å². The Morgan fingerprint density at radius 1 is 0.889 bits per heavy atom. The lowest BCUT2D eigenvalue weighted by Crippen LogP contribution is -2.50. The molecule has 2 aliphatic rings. The number of hydrogen-bond donors (Lipinski definition) is 2. The van der Waals surface area contributed by atoms with Crippen LogP contribution in [0.5, 0.6) is 0 Å². The summed E-state index contributed by atoms with van der Waals surface area (Å²) < 4.78 is 0. The monoisotopic (exact) mass is 482 g/mol. The van der Waals surface area contributed by atoms with E-state index in [0.29, 0.717) is 11.1 Å². The molecule has 3 aromatic rings. The Bertz CT molecular complexity index is 1260. The van der Waals surface area contributed by atoms with Crippen molar-refractivity contribution >= 4 is 23.8 Å². The molecule has 0 saturated carbocycles. The van der Waals surface area contributed by atoms with E-state index in [2.05, 4.69) is 10.7 Å². The van der Waals surface area contributed by atoms with Gasteiger partial charge in [-0.25, -0.2) is 4.79 Å². The molecule has 5 amide bonds. The molecule has 5 rings (SSSR count). The van der Waals surface area contributed by atoms with Gasteiger partial charge in [-0.2, -0.15) is 5.01 Å². The number of hydrazine groups is 1. The third kappa shape index (κ3) is 3.90. The molecule has 0 aromatic heterocycles. The molecule has 0 bridgehead atoms. The molecule has 2 saturated heterocycles. The third-order valence-electron chi connectivity index (χ3n) is 6.94. The molecule has 2 fully saturated rings. The van der Waals surface area contributed by atoms with Gasteiger partial charge in [0.2, 0.25) is 11.8 Å². The maximum atomic E-state index is 13.8. The second-order valence-electron chi connectivity index (χ2n) is 9.06. The van der Waals surface area contributed by atoms with E-state index in [9.17, 15) is 19.2 Å². The van der Waals surface area contributed by atoms with Crippen molar-refractivity contribution < 1.29 is 19.2 Å². The average molecular weight is 483 g/mol. The molecule has 2 heterocycles. The summed E-state index contributed by atoms with van der Waals surface area (Å²) in [4.78, 5) is 54.3. The minimum atomic E-state index is -1.48. The number of carbonyl (C=O) groups excluding carboxylic acids is 4. The van der Waals surface area contributed by atoms with Crippen LogP contribution in [0.2, 0.25) is 0 Å². The van der Waals surface area contributed by atoms with Crippen molar-refractivity contribution in [2.45, 2.75) is 24.9 Å². The molecule has 0 spiro atoms. The quantitative estimate of drug-likeness (QED) is 0.528. The number of rotatable bonds is 6. The van der Waals surface area contributed by atoms with Crippen molar-refractivity contribution in [3.05, 3.63) is 108 Å². The number of carbonyl (C=O) groups is 4. The fourth-order valence-corrected chi connectivity index (χ4v) is 4.96. The van der Waals surface area contributed by atoms with E-state index in [-0.39, 0.29) is 24.9 Å². The lowest BCUT2D eigenvalue weighted by atomic mass is 9.83. The summed E-state index contributed by atoms with van der Waals surface area (Å²) in [5.74, 6) is -2.00. The lowest BCUT2D eigenvalue weighted by molar-refractivity contribution is -0.140. The number of hydrogen-bond acceptors (Lipinski definition) is 4. The Morgan fingerprint density at radius 2 is 1.42 bits per heavy atom. The zero-order chi connectivity index (χ0) is 25.3. The number of imide groups is 1. The molecule has 8 nitrogen and oxygen atoms in total. The Morgan fingerprint density at radius 3 is 1.97 bits per heavy atom. The summed E-state index contributed by atoms with van der Waals surface area (Å²) in [6.07, 6.45) is 0.00910. The van der Waals surface area contributed by atoms with E-state index in [0.717, 1.165) is 10.6 Å². The summed E-state index contributed by atoms with van der Waals surface area (Å²) in [7, 11) is 0. The van der Waals surface area contributed by atoms with Crippen LogP contribution in [0.4, 0.5) is 4.79 Å². The second kappa shape index (κ2) is 9.30. The molecule has 8 heteroatoms. The van der Waals surface area contributed by atoms with Gasteiger partial charge in [0, 0.05) is 13.0 Å². The number of likely N-dealkylation sites (tertiary alicyclic amines) is 1. The SMILES string of the molecule is C[C@@H](c1ccccc1)N1C[C@@H](C(=O)NN2C(=O)NC(c3ccccc3)(c3ccccc3)C2=O)CC1=O.